The van der Waals surface area contributed by atoms with Gasteiger partial charge in [0.05, 0.1) is 21.9 Å². The largest absolute Gasteiger partial charge is 0.353 e. The highest BCUT2D eigenvalue weighted by Crippen LogP contribution is 2.20. The van der Waals surface area contributed by atoms with Gasteiger partial charge in [0, 0.05) is 23.7 Å². The second-order valence-electron chi connectivity index (χ2n) is 9.16. The number of sulfonamides is 1. The Balaban J connectivity index is 2.06. The fourth-order valence-corrected chi connectivity index (χ4v) is 4.64. The zero-order chi connectivity index (χ0) is 27.1. The van der Waals surface area contributed by atoms with Gasteiger partial charge in [-0.25, -0.2) is 8.42 Å². The molecule has 9 nitrogen and oxygen atoms in total. The Morgan fingerprint density at radius 2 is 1.56 bits per heavy atom. The molecule has 0 fully saturated rings. The van der Waals surface area contributed by atoms with Crippen molar-refractivity contribution in [1.29, 1.82) is 0 Å². The maximum absolute atomic E-state index is 12.9. The summed E-state index contributed by atoms with van der Waals surface area (Å²) in [4.78, 5) is 37.6. The van der Waals surface area contributed by atoms with Crippen LogP contribution in [0.4, 0.5) is 0 Å². The van der Waals surface area contributed by atoms with E-state index in [1.807, 2.05) is 6.92 Å². The van der Waals surface area contributed by atoms with Crippen molar-refractivity contribution in [2.45, 2.75) is 50.6 Å². The van der Waals surface area contributed by atoms with Crippen LogP contribution in [-0.4, -0.2) is 50.8 Å². The minimum absolute atomic E-state index is 0.0214. The van der Waals surface area contributed by atoms with E-state index in [1.54, 1.807) is 39.0 Å². The number of hydrogen-bond acceptors (Lipinski definition) is 5. The van der Waals surface area contributed by atoms with Crippen molar-refractivity contribution < 1.29 is 22.8 Å². The Hall–Kier alpha value is -2.66. The van der Waals surface area contributed by atoms with Crippen LogP contribution in [0.3, 0.4) is 0 Å². The Morgan fingerprint density at radius 1 is 0.944 bits per heavy atom. The molecule has 196 valence electrons. The molecule has 2 aromatic carbocycles. The molecular weight excluding hydrogens is 527 g/mol. The summed E-state index contributed by atoms with van der Waals surface area (Å²) in [6.07, 6.45) is -0.418. The summed E-state index contributed by atoms with van der Waals surface area (Å²) in [6.45, 7) is 7.13. The molecule has 2 rings (SSSR count). The topological polar surface area (TPSA) is 133 Å². The van der Waals surface area contributed by atoms with E-state index in [1.165, 1.54) is 24.3 Å². The lowest BCUT2D eigenvalue weighted by molar-refractivity contribution is -0.128. The summed E-state index contributed by atoms with van der Waals surface area (Å²) in [7, 11) is -4.09. The molecule has 4 N–H and O–H groups in total. The number of nitrogens with one attached hydrogen (secondary N) is 4. The quantitative estimate of drug-likeness (QED) is 0.334. The van der Waals surface area contributed by atoms with Crippen LogP contribution >= 0.6 is 23.2 Å². The summed E-state index contributed by atoms with van der Waals surface area (Å²) < 4.78 is 28.0. The summed E-state index contributed by atoms with van der Waals surface area (Å²) in [5.74, 6) is -1.71. The van der Waals surface area contributed by atoms with Gasteiger partial charge < -0.3 is 16.0 Å². The van der Waals surface area contributed by atoms with Crippen molar-refractivity contribution in [3.63, 3.8) is 0 Å². The molecule has 36 heavy (non-hydrogen) atoms. The van der Waals surface area contributed by atoms with Gasteiger partial charge in [-0.2, -0.15) is 4.72 Å². The second-order valence-corrected chi connectivity index (χ2v) is 11.7. The molecular formula is C24H30Cl2N4O5S. The van der Waals surface area contributed by atoms with Gasteiger partial charge in [0.15, 0.2) is 0 Å². The minimum atomic E-state index is -4.09. The highest BCUT2D eigenvalue weighted by molar-refractivity contribution is 7.89. The van der Waals surface area contributed by atoms with Crippen LogP contribution in [0.5, 0.6) is 0 Å². The fourth-order valence-electron chi connectivity index (χ4n) is 3.07. The average molecular weight is 558 g/mol. The molecule has 0 aromatic heterocycles. The van der Waals surface area contributed by atoms with Gasteiger partial charge in [-0.3, -0.25) is 14.4 Å². The lowest BCUT2D eigenvalue weighted by Gasteiger charge is -2.23. The van der Waals surface area contributed by atoms with Crippen LogP contribution in [0.15, 0.2) is 47.4 Å². The Morgan fingerprint density at radius 3 is 2.17 bits per heavy atom. The molecule has 0 bridgehead atoms. The maximum Gasteiger partial charge on any atom is 0.252 e. The van der Waals surface area contributed by atoms with Gasteiger partial charge in [-0.15, -0.1) is 0 Å². The van der Waals surface area contributed by atoms with Crippen LogP contribution in [0, 0.1) is 6.92 Å². The molecule has 1 atom stereocenters. The molecule has 3 amide bonds. The molecule has 0 unspecified atom stereocenters. The van der Waals surface area contributed by atoms with Crippen molar-refractivity contribution in [1.82, 2.24) is 20.7 Å². The van der Waals surface area contributed by atoms with Gasteiger partial charge in [0.25, 0.3) is 5.91 Å². The number of amides is 3. The number of benzene rings is 2. The molecule has 0 aliphatic carbocycles. The summed E-state index contributed by atoms with van der Waals surface area (Å²) in [5.41, 5.74) is 0.479. The molecule has 0 spiro atoms. The van der Waals surface area contributed by atoms with Gasteiger partial charge in [-0.05, 0) is 58.0 Å². The Kier molecular flexibility index (Phi) is 10.3. The Bertz CT molecular complexity index is 1210. The fraction of sp³-hybridized carbons (Fsp3) is 0.375. The first kappa shape index (κ1) is 29.6. The van der Waals surface area contributed by atoms with Crippen molar-refractivity contribution >= 4 is 50.9 Å². The third-order valence-corrected chi connectivity index (χ3v) is 6.78. The number of aryl methyl sites for hydroxylation is 1. The Labute approximate surface area is 221 Å². The number of rotatable bonds is 10. The maximum atomic E-state index is 12.9. The third kappa shape index (κ3) is 9.42. The molecule has 0 aliphatic rings. The van der Waals surface area contributed by atoms with E-state index in [0.717, 1.165) is 5.56 Å². The molecule has 0 saturated carbocycles. The highest BCUT2D eigenvalue weighted by Gasteiger charge is 2.29. The van der Waals surface area contributed by atoms with Gasteiger partial charge in [-0.1, -0.05) is 40.9 Å². The molecule has 2 aromatic rings. The number of carbonyl (C=O) groups is 3. The minimum Gasteiger partial charge on any atom is -0.353 e. The van der Waals surface area contributed by atoms with Gasteiger partial charge >= 0.3 is 0 Å². The normalized spacial score (nSPS) is 12.5. The van der Waals surface area contributed by atoms with E-state index in [2.05, 4.69) is 20.7 Å². The second kappa shape index (κ2) is 12.5. The summed E-state index contributed by atoms with van der Waals surface area (Å²) in [6, 6.07) is 9.17. The van der Waals surface area contributed by atoms with Crippen molar-refractivity contribution in [3.8, 4) is 0 Å². The first-order valence-electron chi connectivity index (χ1n) is 11.1. The standard InChI is InChI=1S/C24H30Cl2N4O5S/c1-15-5-8-17(9-6-15)36(34,35)30-20(14-21(31)29-24(2,3)4)23(33)28-12-11-27-22(32)18-13-16(25)7-10-19(18)26/h5-10,13,20,30H,11-12,14H2,1-4H3,(H,27,32)(H,28,33)(H,29,31)/t20-/m0/s1. The zero-order valence-electron chi connectivity index (χ0n) is 20.4. The first-order valence-corrected chi connectivity index (χ1v) is 13.3. The first-order chi connectivity index (χ1) is 16.7. The lowest BCUT2D eigenvalue weighted by atomic mass is 10.1. The summed E-state index contributed by atoms with van der Waals surface area (Å²) >= 11 is 11.9. The number of halogens is 2. The molecule has 0 radical (unpaired) electrons. The third-order valence-electron chi connectivity index (χ3n) is 4.73. The van der Waals surface area contributed by atoms with Crippen molar-refractivity contribution in [3.05, 3.63) is 63.6 Å². The van der Waals surface area contributed by atoms with Crippen LogP contribution in [-0.2, 0) is 19.6 Å². The average Bonchev–Trinajstić information content (AvgIpc) is 2.76. The zero-order valence-corrected chi connectivity index (χ0v) is 22.8. The van der Waals surface area contributed by atoms with Crippen LogP contribution in [0.1, 0.15) is 43.1 Å². The molecule has 0 heterocycles. The molecule has 12 heteroatoms. The molecule has 0 aliphatic heterocycles. The van der Waals surface area contributed by atoms with E-state index in [9.17, 15) is 22.8 Å². The van der Waals surface area contributed by atoms with E-state index in [-0.39, 0.29) is 28.6 Å². The van der Waals surface area contributed by atoms with E-state index >= 15 is 0 Å². The molecule has 0 saturated heterocycles. The lowest BCUT2D eigenvalue weighted by Crippen LogP contribution is -2.51. The highest BCUT2D eigenvalue weighted by atomic mass is 35.5. The monoisotopic (exact) mass is 556 g/mol. The summed E-state index contributed by atoms with van der Waals surface area (Å²) in [5, 5.41) is 8.42. The van der Waals surface area contributed by atoms with E-state index in [0.29, 0.717) is 5.02 Å². The van der Waals surface area contributed by atoms with Crippen LogP contribution < -0.4 is 20.7 Å². The van der Waals surface area contributed by atoms with Gasteiger partial charge in [0.2, 0.25) is 21.8 Å². The van der Waals surface area contributed by atoms with Crippen molar-refractivity contribution in [2.75, 3.05) is 13.1 Å². The van der Waals surface area contributed by atoms with E-state index in [4.69, 9.17) is 23.2 Å². The predicted molar refractivity (Wildman–Crippen MR) is 140 cm³/mol. The van der Waals surface area contributed by atoms with Crippen LogP contribution in [0.25, 0.3) is 0 Å². The number of hydrogen-bond donors (Lipinski definition) is 4. The van der Waals surface area contributed by atoms with Gasteiger partial charge in [0.1, 0.15) is 6.04 Å². The predicted octanol–water partition coefficient (Wildman–Crippen LogP) is 2.80. The number of carbonyl (C=O) groups excluding carboxylic acids is 3. The SMILES string of the molecule is Cc1ccc(S(=O)(=O)N[C@@H](CC(=O)NC(C)(C)C)C(=O)NCCNC(=O)c2cc(Cl)ccc2Cl)cc1. The van der Waals surface area contributed by atoms with Crippen LogP contribution in [0.2, 0.25) is 10.0 Å². The smallest absolute Gasteiger partial charge is 0.252 e. The van der Waals surface area contributed by atoms with Crippen molar-refractivity contribution in [2.24, 2.45) is 0 Å². The van der Waals surface area contributed by atoms with E-state index < -0.39 is 45.7 Å².